The normalized spacial score (nSPS) is 20.4. The minimum Gasteiger partial charge on any atom is -0.368 e. The van der Waals surface area contributed by atoms with Crippen molar-refractivity contribution in [3.05, 3.63) is 36.4 Å². The topological polar surface area (TPSA) is 62.8 Å². The average molecular weight is 230 g/mol. The summed E-state index contributed by atoms with van der Waals surface area (Å²) in [6.45, 7) is 2.38. The number of nitrogens with one attached hydrogen (secondary N) is 2. The van der Waals surface area contributed by atoms with Gasteiger partial charge < -0.3 is 15.0 Å². The molecule has 2 aromatic heterocycles. The van der Waals surface area contributed by atoms with Crippen LogP contribution in [0.15, 0.2) is 30.6 Å². The number of hydrogen-bond acceptors (Lipinski definition) is 4. The Balaban J connectivity index is 1.88. The molecular weight excluding hydrogens is 216 g/mol. The number of aromatic amines is 1. The third-order valence-electron chi connectivity index (χ3n) is 2.76. The molecule has 5 nitrogen and oxygen atoms in total. The number of nitrogens with zero attached hydrogens (tertiary/aromatic N) is 2. The lowest BCUT2D eigenvalue weighted by atomic mass is 10.2. The highest BCUT2D eigenvalue weighted by Crippen LogP contribution is 2.18. The Morgan fingerprint density at radius 1 is 1.35 bits per heavy atom. The number of morpholine rings is 1. The Kier molecular flexibility index (Phi) is 2.85. The fourth-order valence-electron chi connectivity index (χ4n) is 1.90. The van der Waals surface area contributed by atoms with E-state index in [4.69, 9.17) is 4.74 Å². The summed E-state index contributed by atoms with van der Waals surface area (Å²) in [5.41, 5.74) is 1.89. The second-order valence-corrected chi connectivity index (χ2v) is 3.95. The Morgan fingerprint density at radius 2 is 2.35 bits per heavy atom. The molecule has 0 aliphatic carbocycles. The molecule has 0 saturated carbocycles. The van der Waals surface area contributed by atoms with Crippen LogP contribution in [0.1, 0.15) is 11.9 Å². The van der Waals surface area contributed by atoms with E-state index in [2.05, 4.69) is 20.3 Å². The van der Waals surface area contributed by atoms with Crippen molar-refractivity contribution < 1.29 is 4.74 Å². The van der Waals surface area contributed by atoms with Gasteiger partial charge in [0.25, 0.3) is 0 Å². The van der Waals surface area contributed by atoms with Crippen LogP contribution in [0.3, 0.4) is 0 Å². The molecular formula is C12H14N4O. The van der Waals surface area contributed by atoms with E-state index in [1.54, 1.807) is 6.20 Å². The molecule has 1 aliphatic heterocycles. The molecule has 1 fully saturated rings. The van der Waals surface area contributed by atoms with E-state index in [-0.39, 0.29) is 6.10 Å². The quantitative estimate of drug-likeness (QED) is 0.812. The van der Waals surface area contributed by atoms with Gasteiger partial charge in [-0.1, -0.05) is 0 Å². The van der Waals surface area contributed by atoms with E-state index < -0.39 is 0 Å². The maximum Gasteiger partial charge on any atom is 0.159 e. The summed E-state index contributed by atoms with van der Waals surface area (Å²) in [5, 5.41) is 3.27. The van der Waals surface area contributed by atoms with Gasteiger partial charge in [-0.2, -0.15) is 0 Å². The predicted molar refractivity (Wildman–Crippen MR) is 63.4 cm³/mol. The second-order valence-electron chi connectivity index (χ2n) is 3.95. The van der Waals surface area contributed by atoms with Crippen LogP contribution in [-0.2, 0) is 4.74 Å². The Hall–Kier alpha value is -1.72. The standard InChI is InChI=1S/C12H14N4O/c1-2-9(14-4-1)10-3-5-15-12(16-10)11-8-13-6-7-17-11/h1-5,11,13-14H,6-8H2. The minimum atomic E-state index is -0.0429. The third-order valence-corrected chi connectivity index (χ3v) is 2.76. The Labute approximate surface area is 99.3 Å². The van der Waals surface area contributed by atoms with Gasteiger partial charge >= 0.3 is 0 Å². The number of ether oxygens (including phenoxy) is 1. The number of hydrogen-bond donors (Lipinski definition) is 2. The molecule has 17 heavy (non-hydrogen) atoms. The summed E-state index contributed by atoms with van der Waals surface area (Å²) in [4.78, 5) is 12.0. The molecule has 3 heterocycles. The zero-order chi connectivity index (χ0) is 11.5. The lowest BCUT2D eigenvalue weighted by Gasteiger charge is -2.22. The maximum absolute atomic E-state index is 5.64. The van der Waals surface area contributed by atoms with Gasteiger partial charge in [-0.3, -0.25) is 0 Å². The monoisotopic (exact) mass is 230 g/mol. The van der Waals surface area contributed by atoms with Crippen molar-refractivity contribution in [2.24, 2.45) is 0 Å². The summed E-state index contributed by atoms with van der Waals surface area (Å²) >= 11 is 0. The highest BCUT2D eigenvalue weighted by molar-refractivity contribution is 5.53. The van der Waals surface area contributed by atoms with Crippen molar-refractivity contribution in [2.45, 2.75) is 6.10 Å². The van der Waals surface area contributed by atoms with E-state index in [0.717, 1.165) is 30.3 Å². The zero-order valence-corrected chi connectivity index (χ0v) is 9.39. The van der Waals surface area contributed by atoms with Gasteiger partial charge in [-0.15, -0.1) is 0 Å². The third kappa shape index (κ3) is 2.20. The summed E-state index contributed by atoms with van der Waals surface area (Å²) in [6.07, 6.45) is 3.62. The van der Waals surface area contributed by atoms with Crippen LogP contribution in [0.4, 0.5) is 0 Å². The molecule has 3 rings (SSSR count). The largest absolute Gasteiger partial charge is 0.368 e. The van der Waals surface area contributed by atoms with Gasteiger partial charge in [0.2, 0.25) is 0 Å². The lowest BCUT2D eigenvalue weighted by molar-refractivity contribution is 0.0222. The summed E-state index contributed by atoms with van der Waals surface area (Å²) in [5.74, 6) is 0.740. The zero-order valence-electron chi connectivity index (χ0n) is 9.39. The molecule has 0 aromatic carbocycles. The van der Waals surface area contributed by atoms with Gasteiger partial charge in [-0.25, -0.2) is 9.97 Å². The van der Waals surface area contributed by atoms with Gasteiger partial charge in [0.05, 0.1) is 18.0 Å². The molecule has 2 N–H and O–H groups in total. The Bertz CT molecular complexity index is 477. The molecule has 0 radical (unpaired) electrons. The fourth-order valence-corrected chi connectivity index (χ4v) is 1.90. The Morgan fingerprint density at radius 3 is 3.12 bits per heavy atom. The molecule has 1 saturated heterocycles. The highest BCUT2D eigenvalue weighted by Gasteiger charge is 2.18. The summed E-state index contributed by atoms with van der Waals surface area (Å²) in [7, 11) is 0. The molecule has 5 heteroatoms. The summed E-state index contributed by atoms with van der Waals surface area (Å²) in [6, 6.07) is 5.84. The van der Waals surface area contributed by atoms with Crippen LogP contribution in [0.5, 0.6) is 0 Å². The first-order chi connectivity index (χ1) is 8.43. The van der Waals surface area contributed by atoms with Gasteiger partial charge in [0.1, 0.15) is 6.10 Å². The summed E-state index contributed by atoms with van der Waals surface area (Å²) < 4.78 is 5.64. The first-order valence-corrected chi connectivity index (χ1v) is 5.72. The van der Waals surface area contributed by atoms with Gasteiger partial charge in [0, 0.05) is 25.5 Å². The van der Waals surface area contributed by atoms with Crippen molar-refractivity contribution in [2.75, 3.05) is 19.7 Å². The first-order valence-electron chi connectivity index (χ1n) is 5.72. The van der Waals surface area contributed by atoms with Gasteiger partial charge in [0.15, 0.2) is 5.82 Å². The van der Waals surface area contributed by atoms with Crippen LogP contribution in [0.2, 0.25) is 0 Å². The van der Waals surface area contributed by atoms with Crippen LogP contribution in [0, 0.1) is 0 Å². The predicted octanol–water partition coefficient (Wildman–Crippen LogP) is 1.13. The van der Waals surface area contributed by atoms with Crippen LogP contribution in [-0.4, -0.2) is 34.6 Å². The molecule has 1 aliphatic rings. The van der Waals surface area contributed by atoms with Crippen molar-refractivity contribution in [3.8, 4) is 11.4 Å². The van der Waals surface area contributed by atoms with Crippen LogP contribution < -0.4 is 5.32 Å². The molecule has 0 bridgehead atoms. The number of H-pyrrole nitrogens is 1. The molecule has 0 spiro atoms. The van der Waals surface area contributed by atoms with Crippen molar-refractivity contribution in [3.63, 3.8) is 0 Å². The van der Waals surface area contributed by atoms with Crippen LogP contribution in [0.25, 0.3) is 11.4 Å². The maximum atomic E-state index is 5.64. The minimum absolute atomic E-state index is 0.0429. The van der Waals surface area contributed by atoms with Crippen molar-refractivity contribution in [1.82, 2.24) is 20.3 Å². The molecule has 88 valence electrons. The van der Waals surface area contributed by atoms with E-state index in [9.17, 15) is 0 Å². The first kappa shape index (κ1) is 10.4. The van der Waals surface area contributed by atoms with E-state index in [0.29, 0.717) is 6.61 Å². The smallest absolute Gasteiger partial charge is 0.159 e. The van der Waals surface area contributed by atoms with E-state index in [1.807, 2.05) is 24.4 Å². The highest BCUT2D eigenvalue weighted by atomic mass is 16.5. The molecule has 1 atom stereocenters. The molecule has 0 amide bonds. The van der Waals surface area contributed by atoms with E-state index in [1.165, 1.54) is 0 Å². The van der Waals surface area contributed by atoms with Crippen molar-refractivity contribution in [1.29, 1.82) is 0 Å². The van der Waals surface area contributed by atoms with Crippen LogP contribution >= 0.6 is 0 Å². The molecule has 2 aromatic rings. The second kappa shape index (κ2) is 4.65. The van der Waals surface area contributed by atoms with E-state index >= 15 is 0 Å². The number of aromatic nitrogens is 3. The van der Waals surface area contributed by atoms with Crippen molar-refractivity contribution >= 4 is 0 Å². The average Bonchev–Trinajstić information content (AvgIpc) is 2.94. The SMILES string of the molecule is c1c[nH]c(-c2ccnc(C3CNCCO3)n2)c1. The number of rotatable bonds is 2. The lowest BCUT2D eigenvalue weighted by Crippen LogP contribution is -2.34. The molecule has 1 unspecified atom stereocenters. The fraction of sp³-hybridized carbons (Fsp3) is 0.333. The van der Waals surface area contributed by atoms with Gasteiger partial charge in [-0.05, 0) is 18.2 Å².